The molecule has 1 N–H and O–H groups in total. The van der Waals surface area contributed by atoms with Gasteiger partial charge in [0.05, 0.1) is 10.4 Å². The predicted molar refractivity (Wildman–Crippen MR) is 79.0 cm³/mol. The molecule has 2 aromatic carbocycles. The maximum absolute atomic E-state index is 10.8. The maximum Gasteiger partial charge on any atom is 0.271 e. The third kappa shape index (κ3) is 2.53. The Bertz CT molecular complexity index is 799. The second kappa shape index (κ2) is 5.20. The topological polar surface area (TPSA) is 85.9 Å². The molecule has 0 aliphatic carbocycles. The summed E-state index contributed by atoms with van der Waals surface area (Å²) in [5.74, 6) is 0. The zero-order valence-electron chi connectivity index (χ0n) is 11.3. The first-order valence-electron chi connectivity index (χ1n) is 6.46. The first kappa shape index (κ1) is 13.0. The van der Waals surface area contributed by atoms with E-state index in [0.29, 0.717) is 5.69 Å². The van der Waals surface area contributed by atoms with E-state index >= 15 is 0 Å². The molecular formula is C14H13N5O2. The van der Waals surface area contributed by atoms with Gasteiger partial charge in [0.1, 0.15) is 11.7 Å². The molecule has 0 radical (unpaired) electrons. The van der Waals surface area contributed by atoms with Crippen LogP contribution >= 0.6 is 0 Å². The molecule has 0 spiro atoms. The Morgan fingerprint density at radius 1 is 1.24 bits per heavy atom. The van der Waals surface area contributed by atoms with E-state index in [1.165, 1.54) is 12.1 Å². The molecule has 0 aliphatic rings. The molecule has 7 nitrogen and oxygen atoms in total. The van der Waals surface area contributed by atoms with Crippen molar-refractivity contribution in [1.82, 2.24) is 15.0 Å². The third-order valence-corrected chi connectivity index (χ3v) is 3.18. The van der Waals surface area contributed by atoms with Crippen LogP contribution in [-0.4, -0.2) is 19.9 Å². The lowest BCUT2D eigenvalue weighted by Gasteiger charge is -2.15. The molecule has 3 aromatic rings. The van der Waals surface area contributed by atoms with E-state index in [1.54, 1.807) is 16.8 Å². The van der Waals surface area contributed by atoms with Gasteiger partial charge in [-0.25, -0.2) is 4.68 Å². The van der Waals surface area contributed by atoms with Crippen molar-refractivity contribution in [3.63, 3.8) is 0 Å². The van der Waals surface area contributed by atoms with Gasteiger partial charge in [-0.05, 0) is 25.1 Å². The monoisotopic (exact) mass is 283 g/mol. The van der Waals surface area contributed by atoms with Crippen molar-refractivity contribution in [3.8, 4) is 0 Å². The third-order valence-electron chi connectivity index (χ3n) is 3.18. The highest BCUT2D eigenvalue weighted by atomic mass is 16.6. The molecule has 21 heavy (non-hydrogen) atoms. The van der Waals surface area contributed by atoms with Gasteiger partial charge in [-0.3, -0.25) is 10.1 Å². The maximum atomic E-state index is 10.8. The number of nitro benzene ring substituents is 1. The van der Waals surface area contributed by atoms with Gasteiger partial charge < -0.3 is 5.32 Å². The first-order valence-corrected chi connectivity index (χ1v) is 6.46. The summed E-state index contributed by atoms with van der Waals surface area (Å²) in [6.07, 6.45) is -0.181. The molecule has 3 rings (SSSR count). The van der Waals surface area contributed by atoms with E-state index < -0.39 is 4.92 Å². The van der Waals surface area contributed by atoms with Crippen LogP contribution in [0.15, 0.2) is 48.5 Å². The minimum Gasteiger partial charge on any atom is -0.364 e. The summed E-state index contributed by atoms with van der Waals surface area (Å²) in [5, 5.41) is 22.2. The molecule has 7 heteroatoms. The van der Waals surface area contributed by atoms with Crippen LogP contribution in [0.5, 0.6) is 0 Å². The molecule has 0 saturated heterocycles. The summed E-state index contributed by atoms with van der Waals surface area (Å²) in [6.45, 7) is 1.92. The highest BCUT2D eigenvalue weighted by Crippen LogP contribution is 2.21. The largest absolute Gasteiger partial charge is 0.364 e. The molecule has 1 heterocycles. The van der Waals surface area contributed by atoms with Gasteiger partial charge in [0.25, 0.3) is 5.69 Å². The molecule has 1 aromatic heterocycles. The Morgan fingerprint density at radius 3 is 2.86 bits per heavy atom. The lowest BCUT2D eigenvalue weighted by atomic mass is 10.2. The van der Waals surface area contributed by atoms with Crippen molar-refractivity contribution < 1.29 is 4.92 Å². The predicted octanol–water partition coefficient (Wildman–Crippen LogP) is 2.97. The van der Waals surface area contributed by atoms with E-state index in [0.717, 1.165) is 11.0 Å². The van der Waals surface area contributed by atoms with Crippen LogP contribution in [0.25, 0.3) is 11.0 Å². The van der Waals surface area contributed by atoms with Gasteiger partial charge in [-0.15, -0.1) is 5.10 Å². The number of aromatic nitrogens is 3. The molecule has 0 aliphatic heterocycles. The number of nitrogens with zero attached hydrogens (tertiary/aromatic N) is 4. The van der Waals surface area contributed by atoms with Gasteiger partial charge >= 0.3 is 0 Å². The summed E-state index contributed by atoms with van der Waals surface area (Å²) in [5.41, 5.74) is 2.43. The Kier molecular flexibility index (Phi) is 3.23. The first-order chi connectivity index (χ1) is 10.1. The molecule has 1 atom stereocenters. The van der Waals surface area contributed by atoms with Crippen LogP contribution < -0.4 is 5.32 Å². The molecule has 0 fully saturated rings. The summed E-state index contributed by atoms with van der Waals surface area (Å²) < 4.78 is 1.74. The highest BCUT2D eigenvalue weighted by molar-refractivity contribution is 5.74. The second-order valence-corrected chi connectivity index (χ2v) is 4.65. The molecule has 0 bridgehead atoms. The van der Waals surface area contributed by atoms with Crippen LogP contribution in [0.3, 0.4) is 0 Å². The van der Waals surface area contributed by atoms with Gasteiger partial charge in [-0.1, -0.05) is 23.4 Å². The summed E-state index contributed by atoms with van der Waals surface area (Å²) in [4.78, 5) is 10.4. The fraction of sp³-hybridized carbons (Fsp3) is 0.143. The Morgan fingerprint density at radius 2 is 2.05 bits per heavy atom. The lowest BCUT2D eigenvalue weighted by Crippen LogP contribution is -2.16. The van der Waals surface area contributed by atoms with Crippen LogP contribution in [0.2, 0.25) is 0 Å². The Labute approximate surface area is 120 Å². The number of benzene rings is 2. The van der Waals surface area contributed by atoms with Gasteiger partial charge in [0.15, 0.2) is 0 Å². The minimum atomic E-state index is -0.416. The number of fused-ring (bicyclic) bond motifs is 1. The fourth-order valence-electron chi connectivity index (χ4n) is 2.18. The number of para-hydroxylation sites is 1. The molecule has 106 valence electrons. The quantitative estimate of drug-likeness (QED) is 0.587. The second-order valence-electron chi connectivity index (χ2n) is 4.65. The standard InChI is InChI=1S/C14H13N5O2/c1-10(15-11-5-4-6-12(9-11)19(20)21)18-14-8-3-2-7-13(14)16-17-18/h2-10,15H,1H3. The average Bonchev–Trinajstić information content (AvgIpc) is 2.91. The number of non-ortho nitro benzene ring substituents is 1. The van der Waals surface area contributed by atoms with Crippen molar-refractivity contribution in [2.45, 2.75) is 13.1 Å². The van der Waals surface area contributed by atoms with Gasteiger partial charge in [0, 0.05) is 17.8 Å². The van der Waals surface area contributed by atoms with Crippen molar-refractivity contribution in [3.05, 3.63) is 58.6 Å². The molecule has 0 amide bonds. The van der Waals surface area contributed by atoms with E-state index in [9.17, 15) is 10.1 Å². The van der Waals surface area contributed by atoms with Gasteiger partial charge in [-0.2, -0.15) is 0 Å². The number of hydrogen-bond acceptors (Lipinski definition) is 5. The normalized spacial score (nSPS) is 12.2. The average molecular weight is 283 g/mol. The Hall–Kier alpha value is -2.96. The highest BCUT2D eigenvalue weighted by Gasteiger charge is 2.12. The number of nitrogens with one attached hydrogen (secondary N) is 1. The lowest BCUT2D eigenvalue weighted by molar-refractivity contribution is -0.384. The minimum absolute atomic E-state index is 0.0515. The SMILES string of the molecule is CC(Nc1cccc([N+](=O)[O-])c1)n1nnc2ccccc21. The summed E-state index contributed by atoms with van der Waals surface area (Å²) in [7, 11) is 0. The van der Waals surface area contributed by atoms with Crippen LogP contribution in [-0.2, 0) is 0 Å². The number of rotatable bonds is 4. The van der Waals surface area contributed by atoms with Crippen molar-refractivity contribution in [1.29, 1.82) is 0 Å². The van der Waals surface area contributed by atoms with Crippen molar-refractivity contribution in [2.75, 3.05) is 5.32 Å². The smallest absolute Gasteiger partial charge is 0.271 e. The molecular weight excluding hydrogens is 270 g/mol. The van der Waals surface area contributed by atoms with Crippen LogP contribution in [0, 0.1) is 10.1 Å². The van der Waals surface area contributed by atoms with Crippen molar-refractivity contribution >= 4 is 22.4 Å². The van der Waals surface area contributed by atoms with Gasteiger partial charge in [0.2, 0.25) is 0 Å². The number of hydrogen-bond donors (Lipinski definition) is 1. The number of anilines is 1. The van der Waals surface area contributed by atoms with Crippen LogP contribution in [0.4, 0.5) is 11.4 Å². The van der Waals surface area contributed by atoms with E-state index in [-0.39, 0.29) is 11.9 Å². The summed E-state index contributed by atoms with van der Waals surface area (Å²) >= 11 is 0. The fourth-order valence-corrected chi connectivity index (χ4v) is 2.18. The molecule has 1 unspecified atom stereocenters. The Balaban J connectivity index is 1.88. The zero-order chi connectivity index (χ0) is 14.8. The zero-order valence-corrected chi connectivity index (χ0v) is 11.3. The van der Waals surface area contributed by atoms with E-state index in [1.807, 2.05) is 31.2 Å². The van der Waals surface area contributed by atoms with E-state index in [4.69, 9.17) is 0 Å². The summed E-state index contributed by atoms with van der Waals surface area (Å²) in [6, 6.07) is 14.0. The van der Waals surface area contributed by atoms with E-state index in [2.05, 4.69) is 15.6 Å². The van der Waals surface area contributed by atoms with Crippen molar-refractivity contribution in [2.24, 2.45) is 0 Å². The number of nitro groups is 1. The van der Waals surface area contributed by atoms with Crippen LogP contribution in [0.1, 0.15) is 13.1 Å². The molecule has 0 saturated carbocycles.